The molecule has 3 aromatic carbocycles. The third kappa shape index (κ3) is 4.75. The maximum absolute atomic E-state index is 13.8. The molecule has 4 aromatic rings. The molecule has 11 heteroatoms. The molecule has 1 N–H and O–H groups in total. The van der Waals surface area contributed by atoms with Crippen molar-refractivity contribution < 1.29 is 14.4 Å². The molecule has 1 fully saturated rings. The van der Waals surface area contributed by atoms with Crippen molar-refractivity contribution in [1.29, 1.82) is 0 Å². The highest BCUT2D eigenvalue weighted by molar-refractivity contribution is 9.10. The molecular formula is C28H19BrClN3O4S2. The Balaban J connectivity index is 1.40. The molecular weight excluding hydrogens is 622 g/mol. The van der Waals surface area contributed by atoms with Crippen molar-refractivity contribution in [2.45, 2.75) is 22.7 Å². The quantitative estimate of drug-likeness (QED) is 0.280. The second-order valence-corrected chi connectivity index (χ2v) is 12.6. The van der Waals surface area contributed by atoms with Crippen LogP contribution in [0.25, 0.3) is 0 Å². The van der Waals surface area contributed by atoms with Crippen LogP contribution in [0.5, 0.6) is 0 Å². The van der Waals surface area contributed by atoms with E-state index in [0.717, 1.165) is 21.4 Å². The number of fused-ring (bicyclic) bond motifs is 2. The Labute approximate surface area is 244 Å². The molecule has 1 saturated heterocycles. The van der Waals surface area contributed by atoms with Gasteiger partial charge in [0.1, 0.15) is 11.8 Å². The molecule has 0 aliphatic carbocycles. The Hall–Kier alpha value is -3.18. The van der Waals surface area contributed by atoms with Gasteiger partial charge in [-0.15, -0.1) is 0 Å². The molecule has 7 nitrogen and oxygen atoms in total. The molecule has 0 radical (unpaired) electrons. The normalized spacial score (nSPS) is 20.1. The summed E-state index contributed by atoms with van der Waals surface area (Å²) >= 11 is 11.6. The Morgan fingerprint density at radius 1 is 0.923 bits per heavy atom. The highest BCUT2D eigenvalue weighted by atomic mass is 79.9. The molecule has 39 heavy (non-hydrogen) atoms. The van der Waals surface area contributed by atoms with E-state index in [1.165, 1.54) is 21.2 Å². The van der Waals surface area contributed by atoms with Crippen LogP contribution in [0.15, 0.2) is 93.2 Å². The number of hydrogen-bond acceptors (Lipinski definition) is 6. The lowest BCUT2D eigenvalue weighted by Gasteiger charge is -2.30. The lowest BCUT2D eigenvalue weighted by atomic mass is 9.83. The summed E-state index contributed by atoms with van der Waals surface area (Å²) in [5, 5.41) is 3.13. The maximum Gasteiger partial charge on any atom is 0.308 e. The van der Waals surface area contributed by atoms with Crippen LogP contribution in [0.1, 0.15) is 16.4 Å². The zero-order chi connectivity index (χ0) is 27.3. The van der Waals surface area contributed by atoms with E-state index in [1.54, 1.807) is 48.5 Å². The lowest BCUT2D eigenvalue weighted by molar-refractivity contribution is -0.122. The van der Waals surface area contributed by atoms with Crippen molar-refractivity contribution in [2.75, 3.05) is 10.2 Å². The molecule has 0 spiro atoms. The number of amides is 3. The first-order valence-corrected chi connectivity index (χ1v) is 14.8. The van der Waals surface area contributed by atoms with Crippen LogP contribution in [0.2, 0.25) is 5.02 Å². The van der Waals surface area contributed by atoms with Gasteiger partial charge in [0.2, 0.25) is 17.7 Å². The molecule has 196 valence electrons. The molecule has 3 heterocycles. The molecule has 6 rings (SSSR count). The first-order chi connectivity index (χ1) is 18.8. The standard InChI is InChI=1S/C28H19BrClN3O4S2/c29-16-8-6-15(7-9-16)21-22-23(26(36)33(25(22)35)19-4-2-1-3-5-19)38-27-24(21)39-28(37)32(27)14-20(34)31-18-12-10-17(30)11-13-18/h1-13,21-23H,14H2,(H,31,34). The summed E-state index contributed by atoms with van der Waals surface area (Å²) in [6.45, 7) is -0.227. The minimum Gasteiger partial charge on any atom is -0.325 e. The second kappa shape index (κ2) is 10.4. The number of rotatable bonds is 5. The van der Waals surface area contributed by atoms with Crippen LogP contribution in [-0.4, -0.2) is 27.5 Å². The van der Waals surface area contributed by atoms with E-state index in [2.05, 4.69) is 21.2 Å². The Morgan fingerprint density at radius 2 is 1.62 bits per heavy atom. The van der Waals surface area contributed by atoms with Gasteiger partial charge in [0.15, 0.2) is 0 Å². The predicted molar refractivity (Wildman–Crippen MR) is 157 cm³/mol. The van der Waals surface area contributed by atoms with E-state index in [9.17, 15) is 19.2 Å². The minimum absolute atomic E-state index is 0.227. The maximum atomic E-state index is 13.8. The van der Waals surface area contributed by atoms with Gasteiger partial charge in [0, 0.05) is 26.0 Å². The summed E-state index contributed by atoms with van der Waals surface area (Å²) in [5.74, 6) is -2.21. The van der Waals surface area contributed by atoms with E-state index in [4.69, 9.17) is 11.6 Å². The lowest BCUT2D eigenvalue weighted by Crippen LogP contribution is -2.33. The monoisotopic (exact) mass is 639 g/mol. The third-order valence-corrected chi connectivity index (χ3v) is 10.1. The molecule has 2 aliphatic heterocycles. The van der Waals surface area contributed by atoms with Crippen LogP contribution >= 0.6 is 50.6 Å². The predicted octanol–water partition coefficient (Wildman–Crippen LogP) is 5.76. The van der Waals surface area contributed by atoms with Gasteiger partial charge in [0.25, 0.3) is 0 Å². The fourth-order valence-electron chi connectivity index (χ4n) is 4.99. The van der Waals surface area contributed by atoms with Gasteiger partial charge < -0.3 is 5.32 Å². The summed E-state index contributed by atoms with van der Waals surface area (Å²) in [6.07, 6.45) is 0. The van der Waals surface area contributed by atoms with Crippen molar-refractivity contribution in [3.8, 4) is 0 Å². The highest BCUT2D eigenvalue weighted by Crippen LogP contribution is 2.53. The first kappa shape index (κ1) is 26.1. The number of nitrogens with one attached hydrogen (secondary N) is 1. The smallest absolute Gasteiger partial charge is 0.308 e. The van der Waals surface area contributed by atoms with E-state index >= 15 is 0 Å². The number of carbonyl (C=O) groups excluding carboxylic acids is 3. The van der Waals surface area contributed by atoms with Crippen molar-refractivity contribution >= 4 is 79.7 Å². The summed E-state index contributed by atoms with van der Waals surface area (Å²) in [7, 11) is 0. The molecule has 1 aromatic heterocycles. The fourth-order valence-corrected chi connectivity index (χ4v) is 8.16. The second-order valence-electron chi connectivity index (χ2n) is 9.12. The zero-order valence-corrected chi connectivity index (χ0v) is 24.0. The average molecular weight is 641 g/mol. The van der Waals surface area contributed by atoms with Gasteiger partial charge in [-0.25, -0.2) is 4.90 Å². The number of thioether (sulfide) groups is 1. The Morgan fingerprint density at radius 3 is 2.31 bits per heavy atom. The molecule has 3 atom stereocenters. The number of aromatic nitrogens is 1. The number of nitrogens with zero attached hydrogens (tertiary/aromatic N) is 2. The van der Waals surface area contributed by atoms with Gasteiger partial charge in [-0.2, -0.15) is 0 Å². The number of thiazole rings is 1. The van der Waals surface area contributed by atoms with Crippen LogP contribution in [0.4, 0.5) is 11.4 Å². The number of carbonyl (C=O) groups is 3. The number of halogens is 2. The van der Waals surface area contributed by atoms with Gasteiger partial charge in [-0.05, 0) is 54.1 Å². The summed E-state index contributed by atoms with van der Waals surface area (Å²) in [6, 6.07) is 23.1. The van der Waals surface area contributed by atoms with Crippen molar-refractivity contribution in [1.82, 2.24) is 4.57 Å². The molecule has 3 unspecified atom stereocenters. The summed E-state index contributed by atoms with van der Waals surface area (Å²) in [4.78, 5) is 55.3. The number of imide groups is 1. The number of para-hydroxylation sites is 1. The molecule has 3 amide bonds. The Kier molecular flexibility index (Phi) is 6.96. The highest BCUT2D eigenvalue weighted by Gasteiger charge is 2.56. The van der Waals surface area contributed by atoms with Gasteiger partial charge in [-0.3, -0.25) is 23.7 Å². The zero-order valence-electron chi connectivity index (χ0n) is 20.0. The number of benzene rings is 3. The van der Waals surface area contributed by atoms with Gasteiger partial charge in [0.05, 0.1) is 16.6 Å². The van der Waals surface area contributed by atoms with Gasteiger partial charge >= 0.3 is 4.87 Å². The fraction of sp³-hybridized carbons (Fsp3) is 0.143. The summed E-state index contributed by atoms with van der Waals surface area (Å²) in [5.41, 5.74) is 1.89. The third-order valence-electron chi connectivity index (χ3n) is 6.72. The van der Waals surface area contributed by atoms with Crippen LogP contribution < -0.4 is 15.1 Å². The van der Waals surface area contributed by atoms with E-state index in [0.29, 0.717) is 26.3 Å². The van der Waals surface area contributed by atoms with E-state index < -0.39 is 17.1 Å². The largest absolute Gasteiger partial charge is 0.325 e. The van der Waals surface area contributed by atoms with Crippen LogP contribution in [0.3, 0.4) is 0 Å². The molecule has 0 saturated carbocycles. The number of hydrogen-bond donors (Lipinski definition) is 1. The van der Waals surface area contributed by atoms with Gasteiger partial charge in [-0.1, -0.05) is 81.0 Å². The van der Waals surface area contributed by atoms with Crippen LogP contribution in [-0.2, 0) is 20.9 Å². The SMILES string of the molecule is O=C(Cn1c2c(sc1=O)C(c1ccc(Br)cc1)C1C(=O)N(c3ccccc3)C(=O)C1S2)Nc1ccc(Cl)cc1. The average Bonchev–Trinajstić information content (AvgIpc) is 3.37. The van der Waals surface area contributed by atoms with Crippen molar-refractivity contribution in [3.63, 3.8) is 0 Å². The van der Waals surface area contributed by atoms with Crippen molar-refractivity contribution in [3.05, 3.63) is 108 Å². The summed E-state index contributed by atoms with van der Waals surface area (Å²) < 4.78 is 2.28. The minimum atomic E-state index is -0.738. The Bertz CT molecular complexity index is 1660. The van der Waals surface area contributed by atoms with Crippen LogP contribution in [0, 0.1) is 5.92 Å². The number of anilines is 2. The molecule has 2 aliphatic rings. The topological polar surface area (TPSA) is 88.5 Å². The molecule has 0 bridgehead atoms. The van der Waals surface area contributed by atoms with Crippen molar-refractivity contribution in [2.24, 2.45) is 5.92 Å². The van der Waals surface area contributed by atoms with E-state index in [-0.39, 0.29) is 29.1 Å². The van der Waals surface area contributed by atoms with E-state index in [1.807, 2.05) is 30.3 Å². The first-order valence-electron chi connectivity index (χ1n) is 12.0.